The molecule has 5 nitrogen and oxygen atoms in total. The standard InChI is InChI=1S/C17H10BrNO4S/c1-8-6-11-9-4-2-3-5-10(9)17(20)15-12(18)7-13(24(21,22)23)16(19-8)14(11)15/h2-7H,1H3,(H,21,22,23). The minimum absolute atomic E-state index is 0.105. The summed E-state index contributed by atoms with van der Waals surface area (Å²) in [7, 11) is -4.48. The summed E-state index contributed by atoms with van der Waals surface area (Å²) in [4.78, 5) is 16.9. The lowest BCUT2D eigenvalue weighted by atomic mass is 9.84. The fourth-order valence-electron chi connectivity index (χ4n) is 3.16. The quantitative estimate of drug-likeness (QED) is 0.489. The van der Waals surface area contributed by atoms with E-state index in [9.17, 15) is 17.8 Å². The number of carbonyl (C=O) groups is 1. The van der Waals surface area contributed by atoms with Gasteiger partial charge < -0.3 is 0 Å². The number of nitrogens with zero attached hydrogens (tertiary/aromatic N) is 1. The first-order chi connectivity index (χ1) is 11.3. The highest BCUT2D eigenvalue weighted by atomic mass is 79.9. The van der Waals surface area contributed by atoms with Crippen LogP contribution in [0.1, 0.15) is 21.6 Å². The Morgan fingerprint density at radius 3 is 2.42 bits per heavy atom. The minimum Gasteiger partial charge on any atom is -0.289 e. The lowest BCUT2D eigenvalue weighted by Gasteiger charge is -2.22. The number of carbonyl (C=O) groups excluding carboxylic acids is 1. The molecule has 4 rings (SSSR count). The normalized spacial score (nSPS) is 13.2. The average molecular weight is 404 g/mol. The van der Waals surface area contributed by atoms with Gasteiger partial charge >= 0.3 is 0 Å². The molecule has 0 radical (unpaired) electrons. The Balaban J connectivity index is 2.33. The van der Waals surface area contributed by atoms with E-state index in [-0.39, 0.29) is 16.2 Å². The summed E-state index contributed by atoms with van der Waals surface area (Å²) in [5, 5.41) is 0.436. The van der Waals surface area contributed by atoms with Crippen LogP contribution in [0, 0.1) is 6.92 Å². The van der Waals surface area contributed by atoms with Crippen LogP contribution >= 0.6 is 15.9 Å². The first kappa shape index (κ1) is 15.4. The third kappa shape index (κ3) is 2.05. The molecule has 7 heteroatoms. The molecule has 3 aromatic rings. The molecule has 0 saturated heterocycles. The van der Waals surface area contributed by atoms with Gasteiger partial charge in [0.2, 0.25) is 0 Å². The zero-order valence-corrected chi connectivity index (χ0v) is 14.8. The topological polar surface area (TPSA) is 84.3 Å². The maximum atomic E-state index is 12.9. The number of ketones is 1. The highest BCUT2D eigenvalue weighted by molar-refractivity contribution is 9.10. The number of benzene rings is 2. The fourth-order valence-corrected chi connectivity index (χ4v) is 4.58. The molecule has 0 amide bonds. The van der Waals surface area contributed by atoms with Gasteiger partial charge in [0.25, 0.3) is 10.1 Å². The molecule has 120 valence electrons. The molecule has 0 aliphatic heterocycles. The van der Waals surface area contributed by atoms with Crippen LogP contribution in [0.2, 0.25) is 0 Å². The van der Waals surface area contributed by atoms with Gasteiger partial charge in [0, 0.05) is 26.7 Å². The van der Waals surface area contributed by atoms with Crippen LogP contribution < -0.4 is 0 Å². The smallest absolute Gasteiger partial charge is 0.289 e. The number of rotatable bonds is 1. The van der Waals surface area contributed by atoms with Crippen molar-refractivity contribution in [2.75, 3.05) is 0 Å². The van der Waals surface area contributed by atoms with Crippen molar-refractivity contribution in [2.24, 2.45) is 0 Å². The molecule has 1 aliphatic rings. The van der Waals surface area contributed by atoms with Gasteiger partial charge in [-0.2, -0.15) is 8.42 Å². The van der Waals surface area contributed by atoms with E-state index < -0.39 is 10.1 Å². The zero-order chi connectivity index (χ0) is 17.2. The van der Waals surface area contributed by atoms with Gasteiger partial charge in [0.05, 0.1) is 5.52 Å². The Morgan fingerprint density at radius 2 is 1.75 bits per heavy atom. The van der Waals surface area contributed by atoms with Gasteiger partial charge in [-0.3, -0.25) is 14.3 Å². The monoisotopic (exact) mass is 403 g/mol. The van der Waals surface area contributed by atoms with Crippen molar-refractivity contribution < 1.29 is 17.8 Å². The third-order valence-corrected chi connectivity index (χ3v) is 5.59. The minimum atomic E-state index is -4.48. The molecule has 0 fully saturated rings. The van der Waals surface area contributed by atoms with Crippen molar-refractivity contribution in [1.29, 1.82) is 0 Å². The summed E-state index contributed by atoms with van der Waals surface area (Å²) >= 11 is 3.28. The second-order valence-corrected chi connectivity index (χ2v) is 7.86. The number of aromatic nitrogens is 1. The van der Waals surface area contributed by atoms with E-state index in [4.69, 9.17) is 0 Å². The van der Waals surface area contributed by atoms with Crippen LogP contribution in [0.5, 0.6) is 0 Å². The number of fused-ring (bicyclic) bond motifs is 2. The highest BCUT2D eigenvalue weighted by Gasteiger charge is 2.31. The van der Waals surface area contributed by atoms with Crippen molar-refractivity contribution in [3.8, 4) is 11.1 Å². The Kier molecular flexibility index (Phi) is 3.19. The number of aryl methyl sites for hydroxylation is 1. The van der Waals surface area contributed by atoms with Crippen LogP contribution in [0.3, 0.4) is 0 Å². The van der Waals surface area contributed by atoms with E-state index >= 15 is 0 Å². The molecule has 0 bridgehead atoms. The third-order valence-electron chi connectivity index (χ3n) is 4.09. The summed E-state index contributed by atoms with van der Waals surface area (Å²) < 4.78 is 33.4. The number of hydrogen-bond acceptors (Lipinski definition) is 4. The molecular formula is C17H10BrNO4S. The second kappa shape index (κ2) is 4.95. The summed E-state index contributed by atoms with van der Waals surface area (Å²) in [5.41, 5.74) is 3.07. The maximum absolute atomic E-state index is 12.9. The van der Waals surface area contributed by atoms with E-state index in [1.807, 2.05) is 18.2 Å². The van der Waals surface area contributed by atoms with E-state index in [0.717, 1.165) is 11.1 Å². The average Bonchev–Trinajstić information content (AvgIpc) is 2.52. The summed E-state index contributed by atoms with van der Waals surface area (Å²) in [5.74, 6) is -0.206. The van der Waals surface area contributed by atoms with Gasteiger partial charge in [-0.15, -0.1) is 0 Å². The molecular weight excluding hydrogens is 394 g/mol. The Hall–Kier alpha value is -2.09. The van der Waals surface area contributed by atoms with Gasteiger partial charge in [-0.25, -0.2) is 0 Å². The van der Waals surface area contributed by atoms with Crippen LogP contribution in [-0.4, -0.2) is 23.7 Å². The van der Waals surface area contributed by atoms with Gasteiger partial charge in [0.15, 0.2) is 5.78 Å². The lowest BCUT2D eigenvalue weighted by molar-refractivity contribution is 0.103. The predicted molar refractivity (Wildman–Crippen MR) is 92.9 cm³/mol. The molecule has 0 spiro atoms. The molecule has 0 saturated carbocycles. The first-order valence-electron chi connectivity index (χ1n) is 7.04. The van der Waals surface area contributed by atoms with Crippen molar-refractivity contribution in [1.82, 2.24) is 4.98 Å². The van der Waals surface area contributed by atoms with Gasteiger partial charge in [-0.05, 0) is 46.1 Å². The second-order valence-electron chi connectivity index (χ2n) is 5.62. The molecule has 0 atom stereocenters. The number of hydrogen-bond donors (Lipinski definition) is 1. The van der Waals surface area contributed by atoms with Crippen molar-refractivity contribution >= 4 is 42.7 Å². The molecule has 1 aliphatic carbocycles. The summed E-state index contributed by atoms with van der Waals surface area (Å²) in [6, 6.07) is 10.2. The lowest BCUT2D eigenvalue weighted by Crippen LogP contribution is -2.13. The largest absolute Gasteiger partial charge is 0.296 e. The maximum Gasteiger partial charge on any atom is 0.296 e. The number of pyridine rings is 1. The van der Waals surface area contributed by atoms with E-state index in [1.165, 1.54) is 6.07 Å². The predicted octanol–water partition coefficient (Wildman–Crippen LogP) is 3.76. The van der Waals surface area contributed by atoms with Crippen LogP contribution in [-0.2, 0) is 10.1 Å². The van der Waals surface area contributed by atoms with Crippen LogP contribution in [0.4, 0.5) is 0 Å². The van der Waals surface area contributed by atoms with Gasteiger partial charge in [-0.1, -0.05) is 24.3 Å². The Morgan fingerprint density at radius 1 is 1.08 bits per heavy atom. The van der Waals surface area contributed by atoms with E-state index in [2.05, 4.69) is 20.9 Å². The first-order valence-corrected chi connectivity index (χ1v) is 9.28. The molecule has 0 unspecified atom stereocenters. The highest BCUT2D eigenvalue weighted by Crippen LogP contribution is 2.43. The van der Waals surface area contributed by atoms with Crippen LogP contribution in [0.25, 0.3) is 22.0 Å². The molecule has 24 heavy (non-hydrogen) atoms. The molecule has 1 N–H and O–H groups in total. The van der Waals surface area contributed by atoms with E-state index in [1.54, 1.807) is 19.1 Å². The molecule has 1 heterocycles. The fraction of sp³-hybridized carbons (Fsp3) is 0.0588. The number of halogens is 1. The van der Waals surface area contributed by atoms with Crippen LogP contribution in [0.15, 0.2) is 45.8 Å². The van der Waals surface area contributed by atoms with Gasteiger partial charge in [0.1, 0.15) is 4.90 Å². The Bertz CT molecular complexity index is 1170. The van der Waals surface area contributed by atoms with Crippen molar-refractivity contribution in [3.05, 3.63) is 57.7 Å². The molecule has 1 aromatic heterocycles. The molecule has 2 aromatic carbocycles. The van der Waals surface area contributed by atoms with Crippen molar-refractivity contribution in [3.63, 3.8) is 0 Å². The zero-order valence-electron chi connectivity index (χ0n) is 12.4. The summed E-state index contributed by atoms with van der Waals surface area (Å²) in [6.07, 6.45) is 0. The van der Waals surface area contributed by atoms with E-state index in [0.29, 0.717) is 26.7 Å². The Labute approximate surface area is 146 Å². The SMILES string of the molecule is Cc1cc2c3c(c(Br)cc(S(=O)(=O)O)c3n1)C(=O)c1ccccc1-2. The van der Waals surface area contributed by atoms with Crippen molar-refractivity contribution in [2.45, 2.75) is 11.8 Å². The summed E-state index contributed by atoms with van der Waals surface area (Å²) in [6.45, 7) is 1.74.